The van der Waals surface area contributed by atoms with Gasteiger partial charge < -0.3 is 5.73 Å². The number of aryl methyl sites for hydroxylation is 1. The molecule has 0 saturated carbocycles. The molecular formula is C18H19AsClN3O5. The Morgan fingerprint density at radius 1 is 1.21 bits per heavy atom. The number of aromatic hydroxyl groups is 1. The monoisotopic (exact) mass is 467 g/mol. The van der Waals surface area contributed by atoms with Crippen molar-refractivity contribution in [1.29, 1.82) is 0 Å². The van der Waals surface area contributed by atoms with Crippen molar-refractivity contribution in [1.82, 2.24) is 4.98 Å². The second-order valence-electron chi connectivity index (χ2n) is 5.97. The van der Waals surface area contributed by atoms with Crippen LogP contribution >= 0.6 is 11.6 Å². The summed E-state index contributed by atoms with van der Waals surface area (Å²) in [6, 6.07) is 8.94. The van der Waals surface area contributed by atoms with Crippen LogP contribution in [0.15, 0.2) is 42.6 Å². The fourth-order valence-corrected chi connectivity index (χ4v) is 3.65. The molecule has 148 valence electrons. The number of nitrogens with one attached hydrogen (secondary N) is 1. The Kier molecular flexibility index (Phi) is 6.74. The van der Waals surface area contributed by atoms with Crippen LogP contribution in [0.2, 0.25) is 5.02 Å². The number of anilines is 2. The van der Waals surface area contributed by atoms with Gasteiger partial charge in [0.15, 0.2) is 0 Å². The molecule has 3 rings (SSSR count). The Hall–Kier alpha value is -2.51. The molecule has 10 heteroatoms. The number of pyridine rings is 1. The molecule has 0 aliphatic carbocycles. The molecule has 0 spiro atoms. The number of hydrogen-bond acceptors (Lipinski definition) is 5. The number of nitrogens with two attached hydrogens (primary N) is 1. The van der Waals surface area contributed by atoms with Crippen molar-refractivity contribution < 1.29 is 21.8 Å². The minimum atomic E-state index is -4.98. The van der Waals surface area contributed by atoms with E-state index in [2.05, 4.69) is 10.3 Å². The van der Waals surface area contributed by atoms with Crippen LogP contribution in [-0.4, -0.2) is 38.4 Å². The van der Waals surface area contributed by atoms with Crippen molar-refractivity contribution in [3.8, 4) is 5.75 Å². The van der Waals surface area contributed by atoms with Crippen molar-refractivity contribution in [2.45, 2.75) is 13.8 Å². The van der Waals surface area contributed by atoms with Gasteiger partial charge in [0.2, 0.25) is 0 Å². The smallest absolute Gasteiger partial charge is 0.0723 e. The van der Waals surface area contributed by atoms with E-state index >= 15 is 0 Å². The zero-order chi connectivity index (χ0) is 21.1. The van der Waals surface area contributed by atoms with Crippen LogP contribution in [0.25, 0.3) is 10.9 Å². The Labute approximate surface area is 169 Å². The summed E-state index contributed by atoms with van der Waals surface area (Å²) in [5, 5.41) is 13.1. The molecule has 1 heterocycles. The van der Waals surface area contributed by atoms with Gasteiger partial charge in [-0.1, -0.05) is 11.6 Å². The molecule has 1 amide bonds. The second kappa shape index (κ2) is 8.66. The van der Waals surface area contributed by atoms with Gasteiger partial charge in [-0.05, 0) is 30.7 Å². The van der Waals surface area contributed by atoms with E-state index in [0.717, 1.165) is 34.7 Å². The van der Waals surface area contributed by atoms with E-state index in [4.69, 9.17) is 25.5 Å². The number of fused-ring (bicyclic) bond motifs is 1. The van der Waals surface area contributed by atoms with Gasteiger partial charge in [0.25, 0.3) is 0 Å². The molecule has 28 heavy (non-hydrogen) atoms. The average molecular weight is 468 g/mol. The summed E-state index contributed by atoms with van der Waals surface area (Å²) >= 11 is 0.903. The van der Waals surface area contributed by atoms with Gasteiger partial charge in [0, 0.05) is 11.6 Å². The third kappa shape index (κ3) is 5.50. The molecule has 3 aromatic rings. The van der Waals surface area contributed by atoms with Crippen LogP contribution in [-0.2, 0) is 8.53 Å². The van der Waals surface area contributed by atoms with Gasteiger partial charge in [-0.25, -0.2) is 0 Å². The number of benzene rings is 2. The predicted octanol–water partition coefficient (Wildman–Crippen LogP) is 1.69. The Balaban J connectivity index is 0.000000202. The summed E-state index contributed by atoms with van der Waals surface area (Å²) in [5.41, 5.74) is 8.38. The number of nitrogens with zero attached hydrogens (tertiary/aromatic N) is 1. The zero-order valence-electron chi connectivity index (χ0n) is 15.0. The van der Waals surface area contributed by atoms with Crippen LogP contribution < -0.4 is 15.4 Å². The molecule has 0 saturated heterocycles. The Morgan fingerprint density at radius 3 is 2.50 bits per heavy atom. The molecule has 0 aliphatic heterocycles. The number of halogens is 1. The van der Waals surface area contributed by atoms with E-state index in [9.17, 15) is 13.6 Å². The molecule has 6 N–H and O–H groups in total. The summed E-state index contributed by atoms with van der Waals surface area (Å²) in [7, 11) is 0. The van der Waals surface area contributed by atoms with E-state index in [-0.39, 0.29) is 15.8 Å². The van der Waals surface area contributed by atoms with Gasteiger partial charge in [-0.2, -0.15) is 0 Å². The molecule has 2 aromatic carbocycles. The van der Waals surface area contributed by atoms with Crippen LogP contribution in [0.4, 0.5) is 11.4 Å². The molecule has 1 aromatic heterocycles. The van der Waals surface area contributed by atoms with E-state index in [0.29, 0.717) is 10.7 Å². The van der Waals surface area contributed by atoms with Gasteiger partial charge in [0.05, 0.1) is 16.2 Å². The van der Waals surface area contributed by atoms with E-state index in [1.165, 1.54) is 6.92 Å². The van der Waals surface area contributed by atoms with Gasteiger partial charge in [-0.3, -0.25) is 4.98 Å². The van der Waals surface area contributed by atoms with Crippen molar-refractivity contribution >= 4 is 58.3 Å². The summed E-state index contributed by atoms with van der Waals surface area (Å²) in [6.07, 6.45) is 1.82. The van der Waals surface area contributed by atoms with Crippen molar-refractivity contribution in [2.75, 3.05) is 11.1 Å². The minimum absolute atomic E-state index is 0.00951. The van der Waals surface area contributed by atoms with Crippen molar-refractivity contribution in [3.05, 3.63) is 53.2 Å². The number of hydrogen-bond donors (Lipinski definition) is 5. The fraction of sp³-hybridized carbons (Fsp3) is 0.111. The van der Waals surface area contributed by atoms with Crippen LogP contribution in [0.1, 0.15) is 12.5 Å². The van der Waals surface area contributed by atoms with E-state index in [1.54, 1.807) is 6.07 Å². The number of carbonyl (C=O) groups is 1. The van der Waals surface area contributed by atoms with Gasteiger partial charge in [-0.15, -0.1) is 0 Å². The van der Waals surface area contributed by atoms with Crippen LogP contribution in [0.5, 0.6) is 5.75 Å². The Morgan fingerprint density at radius 2 is 1.89 bits per heavy atom. The molecule has 8 nitrogen and oxygen atoms in total. The molecular weight excluding hydrogens is 449 g/mol. The zero-order valence-corrected chi connectivity index (χ0v) is 17.7. The number of nitrogen functional groups attached to an aromatic ring is 1. The number of carbonyl (C=O) groups excluding carboxylic acids is 1. The number of aromatic nitrogens is 1. The van der Waals surface area contributed by atoms with Crippen molar-refractivity contribution in [3.63, 3.8) is 0 Å². The Bertz CT molecular complexity index is 1080. The molecule has 0 unspecified atom stereocenters. The second-order valence-corrected chi connectivity index (χ2v) is 9.74. The first-order chi connectivity index (χ1) is 13.0. The SMILES string of the molecule is CC(=O)Nc1cc([As](=O)(O)O)ccc1O.Cc1cnc2ccc(Cl)c(N)c2c1. The third-order valence-electron chi connectivity index (χ3n) is 3.62. The molecule has 0 aliphatic rings. The first-order valence-electron chi connectivity index (χ1n) is 7.96. The average Bonchev–Trinajstić information content (AvgIpc) is 2.60. The summed E-state index contributed by atoms with van der Waals surface area (Å²) in [4.78, 5) is 15.0. The maximum absolute atomic E-state index is 10.9. The van der Waals surface area contributed by atoms with Gasteiger partial charge >= 0.3 is 88.1 Å². The molecule has 0 bridgehead atoms. The maximum atomic E-state index is 10.9. The molecule has 0 fully saturated rings. The standard InChI is InChI=1S/C10H9ClN2.C8H10AsNO5/c1-6-4-7-9(13-5-6)3-2-8(11)10(7)12;1-5(11)10-7-4-6(9(13,14)15)2-3-8(7)12/h2-5H,12H2,1H3;2-4,12H,1H3,(H,10,11)(H2,13,14,15). The normalized spacial score (nSPS) is 10.9. The number of rotatable bonds is 2. The number of amides is 1. The minimum Gasteiger partial charge on any atom is -0.397 e. The fourth-order valence-electron chi connectivity index (χ4n) is 2.29. The maximum Gasteiger partial charge on any atom is 0.0723 e. The molecule has 0 radical (unpaired) electrons. The first kappa shape index (κ1) is 21.8. The third-order valence-corrected chi connectivity index (χ3v) is 5.94. The summed E-state index contributed by atoms with van der Waals surface area (Å²) in [5.74, 6) is -0.668. The quantitative estimate of drug-likeness (QED) is 0.219. The van der Waals surface area contributed by atoms with Crippen LogP contribution in [0, 0.1) is 6.92 Å². The van der Waals surface area contributed by atoms with Crippen LogP contribution in [0.3, 0.4) is 0 Å². The summed E-state index contributed by atoms with van der Waals surface area (Å²) in [6.45, 7) is 3.21. The topological polar surface area (TPSA) is 146 Å². The van der Waals surface area contributed by atoms with E-state index < -0.39 is 20.1 Å². The van der Waals surface area contributed by atoms with E-state index in [1.807, 2.05) is 25.3 Å². The molecule has 0 atom stereocenters. The number of phenols is 1. The van der Waals surface area contributed by atoms with Crippen molar-refractivity contribution in [2.24, 2.45) is 0 Å². The number of phenolic OH excluding ortho intramolecular Hbond substituents is 1. The van der Waals surface area contributed by atoms with Gasteiger partial charge in [0.1, 0.15) is 0 Å². The first-order valence-corrected chi connectivity index (χ1v) is 11.7. The predicted molar refractivity (Wildman–Crippen MR) is 109 cm³/mol. The summed E-state index contributed by atoms with van der Waals surface area (Å²) < 4.78 is 28.6. The largest absolute Gasteiger partial charge is 0.397 e.